The quantitative estimate of drug-likeness (QED) is 0.410. The highest BCUT2D eigenvalue weighted by Crippen LogP contribution is 2.21. The van der Waals surface area contributed by atoms with Gasteiger partial charge in [0, 0.05) is 42.2 Å². The molecule has 1 aliphatic rings. The fourth-order valence-corrected chi connectivity index (χ4v) is 3.40. The predicted octanol–water partition coefficient (Wildman–Crippen LogP) is 4.04. The van der Waals surface area contributed by atoms with E-state index in [1.54, 1.807) is 29.2 Å². The highest BCUT2D eigenvalue weighted by molar-refractivity contribution is 6.06. The molecular formula is C22H24N4O6. The third-order valence-corrected chi connectivity index (χ3v) is 5.10. The summed E-state index contributed by atoms with van der Waals surface area (Å²) < 4.78 is 4.59. The Hall–Kier alpha value is -3.95. The number of nitro groups is 1. The van der Waals surface area contributed by atoms with Crippen LogP contribution in [0.2, 0.25) is 0 Å². The van der Waals surface area contributed by atoms with E-state index in [9.17, 15) is 24.5 Å². The number of rotatable bonds is 5. The van der Waals surface area contributed by atoms with Crippen LogP contribution in [0.4, 0.5) is 21.9 Å². The molecule has 3 rings (SSSR count). The summed E-state index contributed by atoms with van der Waals surface area (Å²) in [7, 11) is 1.15. The first-order valence-electron chi connectivity index (χ1n) is 10.2. The molecule has 1 fully saturated rings. The molecule has 0 radical (unpaired) electrons. The van der Waals surface area contributed by atoms with Gasteiger partial charge in [-0.2, -0.15) is 0 Å². The molecule has 2 aromatic rings. The van der Waals surface area contributed by atoms with Gasteiger partial charge in [0.25, 0.3) is 11.6 Å². The van der Waals surface area contributed by atoms with E-state index in [1.165, 1.54) is 6.07 Å². The number of nitrogens with one attached hydrogen (secondary N) is 2. The maximum Gasteiger partial charge on any atom is 0.338 e. The summed E-state index contributed by atoms with van der Waals surface area (Å²) in [6.45, 7) is 1.47. The van der Waals surface area contributed by atoms with Crippen molar-refractivity contribution in [3.8, 4) is 0 Å². The first-order chi connectivity index (χ1) is 15.4. The number of nitro benzene ring substituents is 1. The lowest BCUT2D eigenvalue weighted by molar-refractivity contribution is -0.384. The number of urea groups is 1. The van der Waals surface area contributed by atoms with Crippen molar-refractivity contribution in [1.82, 2.24) is 4.90 Å². The highest BCUT2D eigenvalue weighted by atomic mass is 16.6. The van der Waals surface area contributed by atoms with Gasteiger partial charge < -0.3 is 20.3 Å². The van der Waals surface area contributed by atoms with E-state index < -0.39 is 22.5 Å². The molecule has 168 valence electrons. The van der Waals surface area contributed by atoms with E-state index in [1.807, 2.05) is 0 Å². The first-order valence-corrected chi connectivity index (χ1v) is 10.2. The Labute approximate surface area is 184 Å². The molecule has 0 bridgehead atoms. The molecule has 32 heavy (non-hydrogen) atoms. The maximum atomic E-state index is 12.6. The Morgan fingerprint density at radius 2 is 1.47 bits per heavy atom. The summed E-state index contributed by atoms with van der Waals surface area (Å²) in [4.78, 5) is 49.0. The van der Waals surface area contributed by atoms with Crippen molar-refractivity contribution < 1.29 is 24.0 Å². The van der Waals surface area contributed by atoms with Gasteiger partial charge in [0.15, 0.2) is 0 Å². The number of non-ortho nitro benzene ring substituents is 1. The van der Waals surface area contributed by atoms with Gasteiger partial charge in [-0.3, -0.25) is 14.9 Å². The number of ether oxygens (including phenoxy) is 1. The molecule has 1 aliphatic heterocycles. The van der Waals surface area contributed by atoms with Crippen LogP contribution in [0.25, 0.3) is 0 Å². The van der Waals surface area contributed by atoms with Crippen LogP contribution in [-0.4, -0.2) is 47.9 Å². The van der Waals surface area contributed by atoms with Crippen LogP contribution < -0.4 is 10.6 Å². The van der Waals surface area contributed by atoms with Gasteiger partial charge in [-0.05, 0) is 43.2 Å². The molecule has 0 spiro atoms. The van der Waals surface area contributed by atoms with Gasteiger partial charge in [0.1, 0.15) is 0 Å². The fourth-order valence-electron chi connectivity index (χ4n) is 3.40. The largest absolute Gasteiger partial charge is 0.465 e. The van der Waals surface area contributed by atoms with E-state index in [-0.39, 0.29) is 17.2 Å². The first kappa shape index (κ1) is 22.7. The van der Waals surface area contributed by atoms with E-state index in [0.29, 0.717) is 11.4 Å². The number of likely N-dealkylation sites (tertiary alicyclic amines) is 1. The van der Waals surface area contributed by atoms with E-state index >= 15 is 0 Å². The smallest absolute Gasteiger partial charge is 0.338 e. The number of amides is 3. The molecule has 0 unspecified atom stereocenters. The number of carbonyl (C=O) groups excluding carboxylic acids is 3. The molecule has 0 atom stereocenters. The summed E-state index contributed by atoms with van der Waals surface area (Å²) in [5, 5.41) is 16.6. The summed E-state index contributed by atoms with van der Waals surface area (Å²) >= 11 is 0. The van der Waals surface area contributed by atoms with Crippen LogP contribution in [0.15, 0.2) is 42.5 Å². The van der Waals surface area contributed by atoms with Crippen molar-refractivity contribution in [2.75, 3.05) is 30.8 Å². The number of anilines is 2. The lowest BCUT2D eigenvalue weighted by Gasteiger charge is -2.20. The number of hydrogen-bond acceptors (Lipinski definition) is 6. The lowest BCUT2D eigenvalue weighted by atomic mass is 10.1. The summed E-state index contributed by atoms with van der Waals surface area (Å²) in [6, 6.07) is 9.71. The number of hydrogen-bond donors (Lipinski definition) is 2. The molecule has 0 saturated carbocycles. The highest BCUT2D eigenvalue weighted by Gasteiger charge is 2.19. The lowest BCUT2D eigenvalue weighted by Crippen LogP contribution is -2.35. The average Bonchev–Trinajstić information content (AvgIpc) is 3.09. The minimum atomic E-state index is -0.785. The third kappa shape index (κ3) is 5.81. The molecule has 2 N–H and O–H groups in total. The van der Waals surface area contributed by atoms with Gasteiger partial charge in [0.2, 0.25) is 0 Å². The van der Waals surface area contributed by atoms with Gasteiger partial charge in [-0.1, -0.05) is 12.8 Å². The summed E-state index contributed by atoms with van der Waals surface area (Å²) in [5.74, 6) is -1.41. The Balaban J connectivity index is 1.68. The maximum absolute atomic E-state index is 12.6. The van der Waals surface area contributed by atoms with Crippen LogP contribution in [0.3, 0.4) is 0 Å². The molecule has 2 aromatic carbocycles. The van der Waals surface area contributed by atoms with Crippen molar-refractivity contribution in [2.45, 2.75) is 25.7 Å². The van der Waals surface area contributed by atoms with Crippen LogP contribution in [0.1, 0.15) is 46.4 Å². The van der Waals surface area contributed by atoms with Gasteiger partial charge in [-0.25, -0.2) is 9.59 Å². The van der Waals surface area contributed by atoms with Crippen LogP contribution in [-0.2, 0) is 4.74 Å². The Morgan fingerprint density at radius 3 is 2.03 bits per heavy atom. The number of carbonyl (C=O) groups is 3. The third-order valence-electron chi connectivity index (χ3n) is 5.10. The molecule has 1 saturated heterocycles. The number of methoxy groups -OCH3 is 1. The summed E-state index contributed by atoms with van der Waals surface area (Å²) in [5.41, 5.74) is 0.454. The molecule has 3 amide bonds. The van der Waals surface area contributed by atoms with E-state index in [2.05, 4.69) is 15.4 Å². The Morgan fingerprint density at radius 1 is 0.906 bits per heavy atom. The average molecular weight is 440 g/mol. The minimum Gasteiger partial charge on any atom is -0.465 e. The normalized spacial score (nSPS) is 13.6. The minimum absolute atomic E-state index is 0.0573. The SMILES string of the molecule is COC(=O)c1cc(C(=O)Nc2ccc(NC(=O)N3CCCCCC3)cc2)cc([N+](=O)[O-])c1. The monoisotopic (exact) mass is 440 g/mol. The number of esters is 1. The zero-order valence-corrected chi connectivity index (χ0v) is 17.6. The van der Waals surface area contributed by atoms with Crippen LogP contribution in [0, 0.1) is 10.1 Å². The van der Waals surface area contributed by atoms with Crippen molar-refractivity contribution in [3.05, 3.63) is 63.7 Å². The van der Waals surface area contributed by atoms with Crippen molar-refractivity contribution in [1.29, 1.82) is 0 Å². The second kappa shape index (κ2) is 10.4. The number of nitrogens with zero attached hydrogens (tertiary/aromatic N) is 2. The standard InChI is InChI=1S/C22H24N4O6/c1-32-21(28)16-12-15(13-19(14-16)26(30)31)20(27)23-17-6-8-18(9-7-17)24-22(29)25-10-4-2-3-5-11-25/h6-9,12-14H,2-5,10-11H2,1H3,(H,23,27)(H,24,29). The molecule has 10 heteroatoms. The molecular weight excluding hydrogens is 416 g/mol. The van der Waals surface area contributed by atoms with Gasteiger partial charge in [0.05, 0.1) is 17.6 Å². The second-order valence-electron chi connectivity index (χ2n) is 7.38. The Bertz CT molecular complexity index is 1010. The fraction of sp³-hybridized carbons (Fsp3) is 0.318. The van der Waals surface area contributed by atoms with Gasteiger partial charge in [-0.15, -0.1) is 0 Å². The van der Waals surface area contributed by atoms with Crippen LogP contribution in [0.5, 0.6) is 0 Å². The predicted molar refractivity (Wildman–Crippen MR) is 118 cm³/mol. The molecule has 0 aliphatic carbocycles. The van der Waals surface area contributed by atoms with Crippen LogP contribution >= 0.6 is 0 Å². The zero-order valence-electron chi connectivity index (χ0n) is 17.6. The van der Waals surface area contributed by atoms with Crippen molar-refractivity contribution >= 4 is 35.0 Å². The summed E-state index contributed by atoms with van der Waals surface area (Å²) in [6.07, 6.45) is 4.25. The molecule has 10 nitrogen and oxygen atoms in total. The number of benzene rings is 2. The second-order valence-corrected chi connectivity index (χ2v) is 7.38. The van der Waals surface area contributed by atoms with Crippen molar-refractivity contribution in [2.24, 2.45) is 0 Å². The van der Waals surface area contributed by atoms with Crippen molar-refractivity contribution in [3.63, 3.8) is 0 Å². The zero-order chi connectivity index (χ0) is 23.1. The Kier molecular flexibility index (Phi) is 7.37. The molecule has 0 aromatic heterocycles. The van der Waals surface area contributed by atoms with Gasteiger partial charge >= 0.3 is 12.0 Å². The van der Waals surface area contributed by atoms with E-state index in [0.717, 1.165) is 58.0 Å². The molecule has 1 heterocycles. The topological polar surface area (TPSA) is 131 Å². The van der Waals surface area contributed by atoms with E-state index in [4.69, 9.17) is 0 Å².